The van der Waals surface area contributed by atoms with Gasteiger partial charge in [0.25, 0.3) is 0 Å². The molecule has 0 spiro atoms. The lowest BCUT2D eigenvalue weighted by Crippen LogP contribution is -1.98. The van der Waals surface area contributed by atoms with Gasteiger partial charge in [-0.05, 0) is 62.2 Å². The van der Waals surface area contributed by atoms with Gasteiger partial charge in [-0.2, -0.15) is 0 Å². The number of rotatable bonds is 3. The summed E-state index contributed by atoms with van der Waals surface area (Å²) < 4.78 is 20.1. The number of hydrogen-bond acceptors (Lipinski definition) is 2. The zero-order valence-electron chi connectivity index (χ0n) is 11.6. The molecule has 0 radical (unpaired) electrons. The number of aryl methyl sites for hydroxylation is 2. The molecule has 20 heavy (non-hydrogen) atoms. The van der Waals surface area contributed by atoms with Crippen LogP contribution in [0, 0.1) is 19.7 Å². The Hall–Kier alpha value is -1.39. The fraction of sp³-hybridized carbons (Fsp3) is 0.250. The molecule has 0 heterocycles. The van der Waals surface area contributed by atoms with Gasteiger partial charge in [0.2, 0.25) is 0 Å². The fourth-order valence-electron chi connectivity index (χ4n) is 2.03. The Kier molecular flexibility index (Phi) is 4.45. The molecule has 0 fully saturated rings. The average Bonchev–Trinajstić information content (AvgIpc) is 2.37. The SMILES string of the molecule is Cc1cc(Oc2ccc(F)cc2[C@@H](C)O)cc(C)c1Br. The molecule has 106 valence electrons. The number of halogens is 2. The standard InChI is InChI=1S/C16H16BrFO2/c1-9-6-13(7-10(2)16(9)17)20-15-5-4-12(18)8-14(15)11(3)19/h4-8,11,19H,1-3H3/t11-/m1/s1. The van der Waals surface area contributed by atoms with Gasteiger partial charge in [-0.25, -0.2) is 4.39 Å². The van der Waals surface area contributed by atoms with Crippen molar-refractivity contribution in [2.45, 2.75) is 26.9 Å². The first-order valence-electron chi connectivity index (χ1n) is 6.30. The zero-order valence-corrected chi connectivity index (χ0v) is 13.2. The minimum Gasteiger partial charge on any atom is -0.457 e. The molecule has 1 atom stereocenters. The summed E-state index contributed by atoms with van der Waals surface area (Å²) in [4.78, 5) is 0. The van der Waals surface area contributed by atoms with E-state index in [4.69, 9.17) is 4.74 Å². The van der Waals surface area contributed by atoms with Crippen molar-refractivity contribution in [3.63, 3.8) is 0 Å². The largest absolute Gasteiger partial charge is 0.457 e. The summed E-state index contributed by atoms with van der Waals surface area (Å²) in [7, 11) is 0. The van der Waals surface area contributed by atoms with Crippen LogP contribution in [0.5, 0.6) is 11.5 Å². The maximum absolute atomic E-state index is 13.3. The van der Waals surface area contributed by atoms with E-state index in [1.165, 1.54) is 18.2 Å². The molecule has 2 rings (SSSR count). The van der Waals surface area contributed by atoms with Crippen LogP contribution in [0.15, 0.2) is 34.8 Å². The number of ether oxygens (including phenoxy) is 1. The van der Waals surface area contributed by atoms with E-state index in [9.17, 15) is 9.50 Å². The predicted molar refractivity (Wildman–Crippen MR) is 80.7 cm³/mol. The van der Waals surface area contributed by atoms with E-state index in [-0.39, 0.29) is 0 Å². The van der Waals surface area contributed by atoms with E-state index in [0.717, 1.165) is 15.6 Å². The molecule has 0 aliphatic heterocycles. The Morgan fingerprint density at radius 3 is 2.30 bits per heavy atom. The van der Waals surface area contributed by atoms with E-state index in [1.807, 2.05) is 26.0 Å². The van der Waals surface area contributed by atoms with Crippen LogP contribution in [0.1, 0.15) is 29.7 Å². The highest BCUT2D eigenvalue weighted by atomic mass is 79.9. The van der Waals surface area contributed by atoms with Crippen molar-refractivity contribution in [1.82, 2.24) is 0 Å². The van der Waals surface area contributed by atoms with Crippen LogP contribution in [0.25, 0.3) is 0 Å². The Labute approximate surface area is 126 Å². The average molecular weight is 339 g/mol. The third-order valence-corrected chi connectivity index (χ3v) is 4.31. The Morgan fingerprint density at radius 2 is 1.75 bits per heavy atom. The lowest BCUT2D eigenvalue weighted by molar-refractivity contribution is 0.195. The van der Waals surface area contributed by atoms with E-state index in [1.54, 1.807) is 6.92 Å². The van der Waals surface area contributed by atoms with Gasteiger partial charge in [0.05, 0.1) is 6.10 Å². The van der Waals surface area contributed by atoms with Crippen LogP contribution < -0.4 is 4.74 Å². The summed E-state index contributed by atoms with van der Waals surface area (Å²) >= 11 is 3.50. The summed E-state index contributed by atoms with van der Waals surface area (Å²) in [5.74, 6) is 0.732. The summed E-state index contributed by atoms with van der Waals surface area (Å²) in [6.07, 6.45) is -0.793. The highest BCUT2D eigenvalue weighted by Crippen LogP contribution is 2.33. The molecule has 1 N–H and O–H groups in total. The van der Waals surface area contributed by atoms with E-state index in [2.05, 4.69) is 15.9 Å². The second-order valence-corrected chi connectivity index (χ2v) is 5.62. The van der Waals surface area contributed by atoms with Crippen LogP contribution in [0.4, 0.5) is 4.39 Å². The van der Waals surface area contributed by atoms with Gasteiger partial charge in [-0.3, -0.25) is 0 Å². The molecule has 0 saturated heterocycles. The first kappa shape index (κ1) is 15.0. The Bertz CT molecular complexity index is 615. The second kappa shape index (κ2) is 5.94. The van der Waals surface area contributed by atoms with Crippen molar-refractivity contribution in [2.24, 2.45) is 0 Å². The Morgan fingerprint density at radius 1 is 1.15 bits per heavy atom. The van der Waals surface area contributed by atoms with Gasteiger partial charge < -0.3 is 9.84 Å². The molecule has 0 aliphatic rings. The van der Waals surface area contributed by atoms with E-state index in [0.29, 0.717) is 17.1 Å². The molecule has 2 aromatic carbocycles. The first-order valence-corrected chi connectivity index (χ1v) is 7.10. The van der Waals surface area contributed by atoms with Crippen molar-refractivity contribution in [3.05, 3.63) is 57.3 Å². The molecule has 2 nitrogen and oxygen atoms in total. The highest BCUT2D eigenvalue weighted by Gasteiger charge is 2.12. The summed E-state index contributed by atoms with van der Waals surface area (Å²) in [5, 5.41) is 9.71. The highest BCUT2D eigenvalue weighted by molar-refractivity contribution is 9.10. The van der Waals surface area contributed by atoms with Crippen LogP contribution >= 0.6 is 15.9 Å². The van der Waals surface area contributed by atoms with Crippen LogP contribution in [0.3, 0.4) is 0 Å². The zero-order chi connectivity index (χ0) is 14.9. The smallest absolute Gasteiger partial charge is 0.133 e. The summed E-state index contributed by atoms with van der Waals surface area (Å²) in [6, 6.07) is 7.93. The molecule has 0 aliphatic carbocycles. The second-order valence-electron chi connectivity index (χ2n) is 4.83. The van der Waals surface area contributed by atoms with Crippen LogP contribution in [0.2, 0.25) is 0 Å². The molecule has 0 amide bonds. The molecule has 0 saturated carbocycles. The third kappa shape index (κ3) is 3.19. The van der Waals surface area contributed by atoms with Gasteiger partial charge in [-0.15, -0.1) is 0 Å². The van der Waals surface area contributed by atoms with Crippen LogP contribution in [-0.4, -0.2) is 5.11 Å². The minimum atomic E-state index is -0.793. The fourth-order valence-corrected chi connectivity index (χ4v) is 2.26. The molecule has 2 aromatic rings. The molecule has 0 aromatic heterocycles. The number of aliphatic hydroxyl groups excluding tert-OH is 1. The van der Waals surface area contributed by atoms with E-state index >= 15 is 0 Å². The molecule has 0 bridgehead atoms. The van der Waals surface area contributed by atoms with E-state index < -0.39 is 11.9 Å². The van der Waals surface area contributed by atoms with Crippen molar-refractivity contribution < 1.29 is 14.2 Å². The van der Waals surface area contributed by atoms with Crippen molar-refractivity contribution >= 4 is 15.9 Å². The first-order chi connectivity index (χ1) is 9.38. The molecule has 0 unspecified atom stereocenters. The van der Waals surface area contributed by atoms with Gasteiger partial charge in [0, 0.05) is 10.0 Å². The van der Waals surface area contributed by atoms with Gasteiger partial charge >= 0.3 is 0 Å². The minimum absolute atomic E-state index is 0.392. The van der Waals surface area contributed by atoms with Crippen molar-refractivity contribution in [2.75, 3.05) is 0 Å². The molecular formula is C16H16BrFO2. The van der Waals surface area contributed by atoms with Crippen LogP contribution in [-0.2, 0) is 0 Å². The van der Waals surface area contributed by atoms with Gasteiger partial charge in [0.1, 0.15) is 17.3 Å². The molecule has 4 heteroatoms. The van der Waals surface area contributed by atoms with Gasteiger partial charge in [-0.1, -0.05) is 15.9 Å². The number of benzene rings is 2. The number of hydrogen-bond donors (Lipinski definition) is 1. The number of aliphatic hydroxyl groups is 1. The van der Waals surface area contributed by atoms with Gasteiger partial charge in [0.15, 0.2) is 0 Å². The predicted octanol–water partition coefficient (Wildman–Crippen LogP) is 5.05. The summed E-state index contributed by atoms with van der Waals surface area (Å²) in [6.45, 7) is 5.54. The van der Waals surface area contributed by atoms with Crippen molar-refractivity contribution in [3.8, 4) is 11.5 Å². The normalized spacial score (nSPS) is 12.3. The Balaban J connectivity index is 2.40. The topological polar surface area (TPSA) is 29.5 Å². The monoisotopic (exact) mass is 338 g/mol. The maximum Gasteiger partial charge on any atom is 0.133 e. The lowest BCUT2D eigenvalue weighted by atomic mass is 10.1. The third-order valence-electron chi connectivity index (χ3n) is 3.06. The maximum atomic E-state index is 13.3. The quantitative estimate of drug-likeness (QED) is 0.848. The van der Waals surface area contributed by atoms with Crippen molar-refractivity contribution in [1.29, 1.82) is 0 Å². The molecular weight excluding hydrogens is 323 g/mol. The summed E-state index contributed by atoms with van der Waals surface area (Å²) in [5.41, 5.74) is 2.55. The lowest BCUT2D eigenvalue weighted by Gasteiger charge is -2.15.